The summed E-state index contributed by atoms with van der Waals surface area (Å²) in [5.74, 6) is 0.697. The summed E-state index contributed by atoms with van der Waals surface area (Å²) in [6.07, 6.45) is 10.7. The lowest BCUT2D eigenvalue weighted by Crippen LogP contribution is -2.36. The zero-order chi connectivity index (χ0) is 12.1. The fraction of sp³-hybridized carbons (Fsp3) is 0.867. The van der Waals surface area contributed by atoms with E-state index in [1.165, 1.54) is 45.1 Å². The molecule has 1 aliphatic carbocycles. The molecule has 2 aliphatic rings. The third-order valence-corrected chi connectivity index (χ3v) is 4.30. The average molecular weight is 237 g/mol. The summed E-state index contributed by atoms with van der Waals surface area (Å²) in [6.45, 7) is 5.35. The monoisotopic (exact) mass is 237 g/mol. The molecule has 0 spiro atoms. The Bertz CT molecular complexity index is 254. The van der Waals surface area contributed by atoms with Crippen LogP contribution >= 0.6 is 0 Å². The predicted molar refractivity (Wildman–Crippen MR) is 72.2 cm³/mol. The van der Waals surface area contributed by atoms with Crippen molar-refractivity contribution in [2.24, 2.45) is 5.92 Å². The first-order valence-electron chi connectivity index (χ1n) is 7.23. The van der Waals surface area contributed by atoms with E-state index in [-0.39, 0.29) is 0 Å². The van der Waals surface area contributed by atoms with E-state index in [1.54, 1.807) is 5.57 Å². The molecule has 0 aromatic carbocycles. The van der Waals surface area contributed by atoms with Crippen LogP contribution in [0.15, 0.2) is 11.6 Å². The Morgan fingerprint density at radius 1 is 1.24 bits per heavy atom. The lowest BCUT2D eigenvalue weighted by molar-refractivity contribution is 0.160. The van der Waals surface area contributed by atoms with Gasteiger partial charge < -0.3 is 9.64 Å². The predicted octanol–water partition coefficient (Wildman–Crippen LogP) is 3.23. The van der Waals surface area contributed by atoms with Gasteiger partial charge in [0.1, 0.15) is 0 Å². The van der Waals surface area contributed by atoms with Gasteiger partial charge in [0.25, 0.3) is 0 Å². The summed E-state index contributed by atoms with van der Waals surface area (Å²) in [6, 6.07) is 0.639. The van der Waals surface area contributed by atoms with Crippen LogP contribution in [-0.4, -0.2) is 37.7 Å². The SMILES string of the molecule is C[C@H]1COC[C@H]1N(C)CCC=C1CCCCC1. The molecular formula is C15H27NO. The number of likely N-dealkylation sites (N-methyl/N-ethyl adjacent to an activating group) is 1. The zero-order valence-electron chi connectivity index (χ0n) is 11.5. The summed E-state index contributed by atoms with van der Waals surface area (Å²) in [4.78, 5) is 2.48. The smallest absolute Gasteiger partial charge is 0.0625 e. The van der Waals surface area contributed by atoms with Gasteiger partial charge in [-0.1, -0.05) is 25.0 Å². The van der Waals surface area contributed by atoms with Gasteiger partial charge in [0.2, 0.25) is 0 Å². The molecule has 2 atom stereocenters. The van der Waals surface area contributed by atoms with E-state index >= 15 is 0 Å². The highest BCUT2D eigenvalue weighted by Gasteiger charge is 2.27. The van der Waals surface area contributed by atoms with E-state index in [4.69, 9.17) is 4.74 Å². The summed E-state index contributed by atoms with van der Waals surface area (Å²) >= 11 is 0. The van der Waals surface area contributed by atoms with Crippen molar-refractivity contribution in [3.63, 3.8) is 0 Å². The topological polar surface area (TPSA) is 12.5 Å². The van der Waals surface area contributed by atoms with Crippen LogP contribution < -0.4 is 0 Å². The molecule has 0 aromatic rings. The molecule has 0 radical (unpaired) electrons. The first-order valence-corrected chi connectivity index (χ1v) is 7.23. The van der Waals surface area contributed by atoms with E-state index in [9.17, 15) is 0 Å². The minimum Gasteiger partial charge on any atom is -0.379 e. The Hall–Kier alpha value is -0.340. The molecule has 0 unspecified atom stereocenters. The van der Waals surface area contributed by atoms with Gasteiger partial charge in [-0.3, -0.25) is 0 Å². The first kappa shape index (κ1) is 13.1. The minimum atomic E-state index is 0.639. The molecule has 1 saturated heterocycles. The van der Waals surface area contributed by atoms with Crippen LogP contribution in [-0.2, 0) is 4.74 Å². The molecule has 98 valence electrons. The largest absolute Gasteiger partial charge is 0.379 e. The molecule has 2 rings (SSSR count). The van der Waals surface area contributed by atoms with Crippen LogP contribution in [0.2, 0.25) is 0 Å². The van der Waals surface area contributed by atoms with Crippen molar-refractivity contribution in [3.05, 3.63) is 11.6 Å². The quantitative estimate of drug-likeness (QED) is 0.696. The van der Waals surface area contributed by atoms with E-state index in [2.05, 4.69) is 24.9 Å². The van der Waals surface area contributed by atoms with Crippen LogP contribution in [0.3, 0.4) is 0 Å². The maximum absolute atomic E-state index is 5.53. The molecule has 2 nitrogen and oxygen atoms in total. The second kappa shape index (κ2) is 6.55. The van der Waals surface area contributed by atoms with Crippen LogP contribution in [0.4, 0.5) is 0 Å². The molecule has 0 aromatic heterocycles. The molecule has 0 N–H and O–H groups in total. The van der Waals surface area contributed by atoms with Crippen molar-refractivity contribution in [3.8, 4) is 0 Å². The molecule has 0 amide bonds. The summed E-state index contributed by atoms with van der Waals surface area (Å²) < 4.78 is 5.53. The number of hydrogen-bond donors (Lipinski definition) is 0. The fourth-order valence-electron chi connectivity index (χ4n) is 3.06. The normalized spacial score (nSPS) is 29.9. The molecule has 0 bridgehead atoms. The van der Waals surface area contributed by atoms with Crippen molar-refractivity contribution in [2.45, 2.75) is 51.5 Å². The zero-order valence-corrected chi connectivity index (χ0v) is 11.5. The third-order valence-electron chi connectivity index (χ3n) is 4.30. The summed E-state index contributed by atoms with van der Waals surface area (Å²) in [7, 11) is 2.25. The molecule has 17 heavy (non-hydrogen) atoms. The minimum absolute atomic E-state index is 0.639. The van der Waals surface area contributed by atoms with Gasteiger partial charge in [0, 0.05) is 12.6 Å². The Morgan fingerprint density at radius 3 is 2.65 bits per heavy atom. The number of rotatable bonds is 4. The Kier molecular flexibility index (Phi) is 5.05. The van der Waals surface area contributed by atoms with Crippen LogP contribution in [0.5, 0.6) is 0 Å². The molecular weight excluding hydrogens is 210 g/mol. The Balaban J connectivity index is 1.70. The van der Waals surface area contributed by atoms with E-state index in [0.29, 0.717) is 12.0 Å². The maximum atomic E-state index is 5.53. The van der Waals surface area contributed by atoms with Crippen molar-refractivity contribution in [2.75, 3.05) is 26.8 Å². The summed E-state index contributed by atoms with van der Waals surface area (Å²) in [5.41, 5.74) is 1.71. The molecule has 2 heteroatoms. The molecule has 1 heterocycles. The maximum Gasteiger partial charge on any atom is 0.0625 e. The highest BCUT2D eigenvalue weighted by Crippen LogP contribution is 2.23. The van der Waals surface area contributed by atoms with Crippen LogP contribution in [0.1, 0.15) is 45.4 Å². The highest BCUT2D eigenvalue weighted by atomic mass is 16.5. The van der Waals surface area contributed by atoms with Crippen molar-refractivity contribution in [1.82, 2.24) is 4.90 Å². The van der Waals surface area contributed by atoms with Crippen molar-refractivity contribution >= 4 is 0 Å². The Morgan fingerprint density at radius 2 is 2.00 bits per heavy atom. The summed E-state index contributed by atoms with van der Waals surface area (Å²) in [5, 5.41) is 0. The van der Waals surface area contributed by atoms with Gasteiger partial charge in [-0.2, -0.15) is 0 Å². The number of ether oxygens (including phenoxy) is 1. The van der Waals surface area contributed by atoms with Gasteiger partial charge in [-0.05, 0) is 45.1 Å². The number of hydrogen-bond acceptors (Lipinski definition) is 2. The second-order valence-corrected chi connectivity index (χ2v) is 5.77. The molecule has 1 aliphatic heterocycles. The second-order valence-electron chi connectivity index (χ2n) is 5.77. The van der Waals surface area contributed by atoms with Gasteiger partial charge in [0.05, 0.1) is 13.2 Å². The van der Waals surface area contributed by atoms with Crippen LogP contribution in [0, 0.1) is 5.92 Å². The van der Waals surface area contributed by atoms with Gasteiger partial charge in [-0.25, -0.2) is 0 Å². The lowest BCUT2D eigenvalue weighted by Gasteiger charge is -2.26. The van der Waals surface area contributed by atoms with E-state index < -0.39 is 0 Å². The van der Waals surface area contributed by atoms with Gasteiger partial charge in [0.15, 0.2) is 0 Å². The standard InChI is InChI=1S/C15H27NO/c1-13-11-17-12-15(13)16(2)10-6-9-14-7-4-3-5-8-14/h9,13,15H,3-8,10-12H2,1-2H3/t13-,15+/m0/s1. The van der Waals surface area contributed by atoms with E-state index in [1.807, 2.05) is 0 Å². The Labute approximate surface area is 106 Å². The fourth-order valence-corrected chi connectivity index (χ4v) is 3.06. The van der Waals surface area contributed by atoms with Gasteiger partial charge >= 0.3 is 0 Å². The van der Waals surface area contributed by atoms with Crippen molar-refractivity contribution in [1.29, 1.82) is 0 Å². The van der Waals surface area contributed by atoms with Crippen LogP contribution in [0.25, 0.3) is 0 Å². The third kappa shape index (κ3) is 3.82. The van der Waals surface area contributed by atoms with E-state index in [0.717, 1.165) is 13.2 Å². The highest BCUT2D eigenvalue weighted by molar-refractivity contribution is 5.04. The lowest BCUT2D eigenvalue weighted by atomic mass is 9.94. The van der Waals surface area contributed by atoms with Gasteiger partial charge in [-0.15, -0.1) is 0 Å². The molecule has 1 saturated carbocycles. The number of nitrogens with zero attached hydrogens (tertiary/aromatic N) is 1. The number of allylic oxidation sites excluding steroid dienone is 1. The van der Waals surface area contributed by atoms with Crippen molar-refractivity contribution < 1.29 is 4.74 Å². The first-order chi connectivity index (χ1) is 8.27. The average Bonchev–Trinajstić information content (AvgIpc) is 2.77. The molecule has 2 fully saturated rings.